The standard InChI is InChI=1S/C17H26N2O/c1-13(2)16-8-6-15(7-9-16)12-19(3)17(20)11-18-10-14-4-5-14/h6-9,13-14,18H,4-5,10-12H2,1-3H3. The molecule has 20 heavy (non-hydrogen) atoms. The molecule has 2 rings (SSSR count). The highest BCUT2D eigenvalue weighted by Gasteiger charge is 2.21. The van der Waals surface area contributed by atoms with Gasteiger partial charge in [-0.2, -0.15) is 0 Å². The van der Waals surface area contributed by atoms with Gasteiger partial charge in [-0.25, -0.2) is 0 Å². The van der Waals surface area contributed by atoms with Gasteiger partial charge in [0.2, 0.25) is 5.91 Å². The van der Waals surface area contributed by atoms with Gasteiger partial charge in [0.1, 0.15) is 0 Å². The molecule has 1 aliphatic carbocycles. The predicted octanol–water partition coefficient (Wildman–Crippen LogP) is 2.77. The smallest absolute Gasteiger partial charge is 0.236 e. The van der Waals surface area contributed by atoms with Crippen molar-refractivity contribution in [2.75, 3.05) is 20.1 Å². The van der Waals surface area contributed by atoms with Gasteiger partial charge in [0.15, 0.2) is 0 Å². The van der Waals surface area contributed by atoms with E-state index in [2.05, 4.69) is 43.4 Å². The number of likely N-dealkylation sites (N-methyl/N-ethyl adjacent to an activating group) is 1. The van der Waals surface area contributed by atoms with E-state index < -0.39 is 0 Å². The summed E-state index contributed by atoms with van der Waals surface area (Å²) in [5.41, 5.74) is 2.53. The third-order valence-corrected chi connectivity index (χ3v) is 3.90. The normalized spacial score (nSPS) is 14.6. The van der Waals surface area contributed by atoms with Gasteiger partial charge in [0, 0.05) is 13.6 Å². The molecule has 0 bridgehead atoms. The third kappa shape index (κ3) is 4.64. The lowest BCUT2D eigenvalue weighted by molar-refractivity contribution is -0.129. The van der Waals surface area contributed by atoms with Crippen LogP contribution in [0.2, 0.25) is 0 Å². The van der Waals surface area contributed by atoms with Crippen LogP contribution in [0.3, 0.4) is 0 Å². The van der Waals surface area contributed by atoms with E-state index in [-0.39, 0.29) is 5.91 Å². The Morgan fingerprint density at radius 2 is 1.95 bits per heavy atom. The molecule has 0 aromatic heterocycles. The fourth-order valence-electron chi connectivity index (χ4n) is 2.21. The highest BCUT2D eigenvalue weighted by atomic mass is 16.2. The quantitative estimate of drug-likeness (QED) is 0.829. The number of hydrogen-bond donors (Lipinski definition) is 1. The van der Waals surface area contributed by atoms with Gasteiger partial charge >= 0.3 is 0 Å². The number of carbonyl (C=O) groups excluding carboxylic acids is 1. The molecule has 1 aliphatic rings. The minimum absolute atomic E-state index is 0.165. The Kier molecular flexibility index (Phi) is 5.18. The van der Waals surface area contributed by atoms with Gasteiger partial charge < -0.3 is 10.2 Å². The minimum atomic E-state index is 0.165. The van der Waals surface area contributed by atoms with Gasteiger partial charge in [0.25, 0.3) is 0 Å². The van der Waals surface area contributed by atoms with E-state index in [1.165, 1.54) is 24.0 Å². The topological polar surface area (TPSA) is 32.3 Å². The van der Waals surface area contributed by atoms with Crippen LogP contribution in [0, 0.1) is 5.92 Å². The molecular formula is C17H26N2O. The molecule has 110 valence electrons. The number of nitrogens with zero attached hydrogens (tertiary/aromatic N) is 1. The molecule has 0 heterocycles. The van der Waals surface area contributed by atoms with E-state index in [0.29, 0.717) is 19.0 Å². The average Bonchev–Trinajstić information content (AvgIpc) is 3.23. The molecule has 1 fully saturated rings. The molecule has 1 aromatic rings. The highest BCUT2D eigenvalue weighted by molar-refractivity contribution is 5.77. The lowest BCUT2D eigenvalue weighted by Gasteiger charge is -2.18. The van der Waals surface area contributed by atoms with E-state index in [1.54, 1.807) is 4.90 Å². The van der Waals surface area contributed by atoms with E-state index in [1.807, 2.05) is 7.05 Å². The molecule has 1 aromatic carbocycles. The van der Waals surface area contributed by atoms with Crippen LogP contribution in [0.5, 0.6) is 0 Å². The molecular weight excluding hydrogens is 248 g/mol. The Bertz CT molecular complexity index is 435. The summed E-state index contributed by atoms with van der Waals surface area (Å²) in [5.74, 6) is 1.53. The first-order valence-electron chi connectivity index (χ1n) is 7.59. The maximum atomic E-state index is 12.0. The lowest BCUT2D eigenvalue weighted by Crippen LogP contribution is -2.35. The van der Waals surface area contributed by atoms with E-state index >= 15 is 0 Å². The molecule has 0 aliphatic heterocycles. The van der Waals surface area contributed by atoms with Crippen molar-refractivity contribution in [3.8, 4) is 0 Å². The number of carbonyl (C=O) groups is 1. The maximum absolute atomic E-state index is 12.0. The zero-order chi connectivity index (χ0) is 14.5. The molecule has 0 radical (unpaired) electrons. The fourth-order valence-corrected chi connectivity index (χ4v) is 2.21. The Morgan fingerprint density at radius 3 is 2.50 bits per heavy atom. The van der Waals surface area contributed by atoms with Crippen LogP contribution >= 0.6 is 0 Å². The number of hydrogen-bond acceptors (Lipinski definition) is 2. The van der Waals surface area contributed by atoms with Crippen molar-refractivity contribution >= 4 is 5.91 Å². The van der Waals surface area contributed by atoms with E-state index in [9.17, 15) is 4.79 Å². The summed E-state index contributed by atoms with van der Waals surface area (Å²) in [4.78, 5) is 13.8. The second kappa shape index (κ2) is 6.89. The van der Waals surface area contributed by atoms with Crippen molar-refractivity contribution in [3.63, 3.8) is 0 Å². The summed E-state index contributed by atoms with van der Waals surface area (Å²) in [6.45, 7) is 6.51. The Balaban J connectivity index is 1.76. The van der Waals surface area contributed by atoms with Gasteiger partial charge in [0.05, 0.1) is 6.54 Å². The van der Waals surface area contributed by atoms with Crippen molar-refractivity contribution < 1.29 is 4.79 Å². The van der Waals surface area contributed by atoms with Crippen LogP contribution < -0.4 is 5.32 Å². The maximum Gasteiger partial charge on any atom is 0.236 e. The Labute approximate surface area is 122 Å². The van der Waals surface area contributed by atoms with Crippen LogP contribution in [0.4, 0.5) is 0 Å². The SMILES string of the molecule is CC(C)c1ccc(CN(C)C(=O)CNCC2CC2)cc1. The largest absolute Gasteiger partial charge is 0.340 e. The molecule has 0 unspecified atom stereocenters. The van der Waals surface area contributed by atoms with E-state index in [0.717, 1.165) is 12.5 Å². The number of amides is 1. The van der Waals surface area contributed by atoms with Gasteiger partial charge in [-0.05, 0) is 42.3 Å². The van der Waals surface area contributed by atoms with Crippen LogP contribution in [0.25, 0.3) is 0 Å². The van der Waals surface area contributed by atoms with Crippen LogP contribution in [-0.4, -0.2) is 30.9 Å². The Morgan fingerprint density at radius 1 is 1.30 bits per heavy atom. The zero-order valence-electron chi connectivity index (χ0n) is 12.9. The van der Waals surface area contributed by atoms with Crippen molar-refractivity contribution in [1.82, 2.24) is 10.2 Å². The third-order valence-electron chi connectivity index (χ3n) is 3.90. The molecule has 0 saturated heterocycles. The molecule has 3 heteroatoms. The van der Waals surface area contributed by atoms with Crippen LogP contribution in [0.15, 0.2) is 24.3 Å². The predicted molar refractivity (Wildman–Crippen MR) is 82.6 cm³/mol. The van der Waals surface area contributed by atoms with E-state index in [4.69, 9.17) is 0 Å². The number of benzene rings is 1. The lowest BCUT2D eigenvalue weighted by atomic mass is 10.0. The molecule has 0 atom stereocenters. The second-order valence-corrected chi connectivity index (χ2v) is 6.22. The summed E-state index contributed by atoms with van der Waals surface area (Å²) >= 11 is 0. The van der Waals surface area contributed by atoms with Crippen LogP contribution in [-0.2, 0) is 11.3 Å². The van der Waals surface area contributed by atoms with Crippen molar-refractivity contribution in [2.24, 2.45) is 5.92 Å². The molecule has 1 amide bonds. The first-order chi connectivity index (χ1) is 9.56. The second-order valence-electron chi connectivity index (χ2n) is 6.22. The first kappa shape index (κ1) is 15.0. The van der Waals surface area contributed by atoms with Crippen molar-refractivity contribution in [1.29, 1.82) is 0 Å². The zero-order valence-corrected chi connectivity index (χ0v) is 12.9. The van der Waals surface area contributed by atoms with Crippen molar-refractivity contribution in [2.45, 2.75) is 39.2 Å². The summed E-state index contributed by atoms with van der Waals surface area (Å²) in [6, 6.07) is 8.56. The summed E-state index contributed by atoms with van der Waals surface area (Å²) in [7, 11) is 1.87. The number of rotatable bonds is 7. The molecule has 3 nitrogen and oxygen atoms in total. The molecule has 1 saturated carbocycles. The first-order valence-corrected chi connectivity index (χ1v) is 7.59. The summed E-state index contributed by atoms with van der Waals surface area (Å²) in [6.07, 6.45) is 2.64. The highest BCUT2D eigenvalue weighted by Crippen LogP contribution is 2.27. The molecule has 1 N–H and O–H groups in total. The van der Waals surface area contributed by atoms with Crippen LogP contribution in [0.1, 0.15) is 43.7 Å². The fraction of sp³-hybridized carbons (Fsp3) is 0.588. The number of nitrogens with one attached hydrogen (secondary N) is 1. The average molecular weight is 274 g/mol. The minimum Gasteiger partial charge on any atom is -0.340 e. The molecule has 0 spiro atoms. The van der Waals surface area contributed by atoms with Gasteiger partial charge in [-0.1, -0.05) is 38.1 Å². The van der Waals surface area contributed by atoms with Gasteiger partial charge in [-0.15, -0.1) is 0 Å². The van der Waals surface area contributed by atoms with Crippen molar-refractivity contribution in [3.05, 3.63) is 35.4 Å². The summed E-state index contributed by atoms with van der Waals surface area (Å²) in [5, 5.41) is 3.25. The van der Waals surface area contributed by atoms with Gasteiger partial charge in [-0.3, -0.25) is 4.79 Å². The summed E-state index contributed by atoms with van der Waals surface area (Å²) < 4.78 is 0. The Hall–Kier alpha value is -1.35. The monoisotopic (exact) mass is 274 g/mol.